The lowest BCUT2D eigenvalue weighted by atomic mass is 10.3. The summed E-state index contributed by atoms with van der Waals surface area (Å²) in [5.41, 5.74) is 1.27. The van der Waals surface area contributed by atoms with Gasteiger partial charge in [0.05, 0.1) is 0 Å². The SMILES string of the molecule is O=C(OCc1ccsc1)c1ccncn1. The van der Waals surface area contributed by atoms with Gasteiger partial charge in [0.2, 0.25) is 0 Å². The topological polar surface area (TPSA) is 52.1 Å². The lowest BCUT2D eigenvalue weighted by Crippen LogP contribution is -2.06. The van der Waals surface area contributed by atoms with Gasteiger partial charge in [0.1, 0.15) is 12.9 Å². The Hall–Kier alpha value is -1.75. The van der Waals surface area contributed by atoms with Gasteiger partial charge >= 0.3 is 5.97 Å². The summed E-state index contributed by atoms with van der Waals surface area (Å²) in [7, 11) is 0. The third-order valence-electron chi connectivity index (χ3n) is 1.74. The fourth-order valence-electron chi connectivity index (χ4n) is 1.01. The molecule has 15 heavy (non-hydrogen) atoms. The first kappa shape index (κ1) is 9.79. The van der Waals surface area contributed by atoms with Crippen molar-refractivity contribution in [1.82, 2.24) is 9.97 Å². The number of ether oxygens (including phenoxy) is 1. The van der Waals surface area contributed by atoms with Crippen LogP contribution in [-0.4, -0.2) is 15.9 Å². The second kappa shape index (κ2) is 4.65. The van der Waals surface area contributed by atoms with Crippen LogP contribution in [0.2, 0.25) is 0 Å². The Morgan fingerprint density at radius 2 is 2.40 bits per heavy atom. The molecule has 2 aromatic rings. The molecular formula is C10H8N2O2S. The second-order valence-electron chi connectivity index (χ2n) is 2.80. The van der Waals surface area contributed by atoms with Gasteiger partial charge in [0.15, 0.2) is 5.69 Å². The van der Waals surface area contributed by atoms with E-state index in [9.17, 15) is 4.79 Å². The van der Waals surface area contributed by atoms with Crippen LogP contribution < -0.4 is 0 Å². The zero-order chi connectivity index (χ0) is 10.5. The van der Waals surface area contributed by atoms with Gasteiger partial charge in [-0.15, -0.1) is 0 Å². The van der Waals surface area contributed by atoms with E-state index in [1.807, 2.05) is 16.8 Å². The first-order chi connectivity index (χ1) is 7.36. The van der Waals surface area contributed by atoms with Crippen molar-refractivity contribution in [3.63, 3.8) is 0 Å². The maximum absolute atomic E-state index is 11.4. The van der Waals surface area contributed by atoms with Gasteiger partial charge in [-0.3, -0.25) is 0 Å². The summed E-state index contributed by atoms with van der Waals surface area (Å²) >= 11 is 1.57. The van der Waals surface area contributed by atoms with Gasteiger partial charge in [-0.05, 0) is 22.9 Å². The van der Waals surface area contributed by atoms with E-state index >= 15 is 0 Å². The zero-order valence-corrected chi connectivity index (χ0v) is 8.61. The molecule has 2 heterocycles. The van der Waals surface area contributed by atoms with Gasteiger partial charge in [0.25, 0.3) is 0 Å². The molecule has 0 atom stereocenters. The molecule has 0 aliphatic rings. The molecule has 0 aliphatic carbocycles. The van der Waals surface area contributed by atoms with Crippen LogP contribution >= 0.6 is 11.3 Å². The fraction of sp³-hybridized carbons (Fsp3) is 0.100. The number of aromatic nitrogens is 2. The summed E-state index contributed by atoms with van der Waals surface area (Å²) in [6, 6.07) is 3.44. The molecule has 0 N–H and O–H groups in total. The van der Waals surface area contributed by atoms with E-state index in [0.29, 0.717) is 0 Å². The number of nitrogens with zero attached hydrogens (tertiary/aromatic N) is 2. The van der Waals surface area contributed by atoms with Gasteiger partial charge in [-0.25, -0.2) is 14.8 Å². The van der Waals surface area contributed by atoms with Gasteiger partial charge in [0, 0.05) is 11.8 Å². The van der Waals surface area contributed by atoms with Gasteiger partial charge in [-0.2, -0.15) is 11.3 Å². The highest BCUT2D eigenvalue weighted by Crippen LogP contribution is 2.08. The highest BCUT2D eigenvalue weighted by molar-refractivity contribution is 7.07. The molecule has 0 amide bonds. The molecule has 0 saturated heterocycles. The van der Waals surface area contributed by atoms with Crippen LogP contribution in [-0.2, 0) is 11.3 Å². The van der Waals surface area contributed by atoms with E-state index < -0.39 is 5.97 Å². The number of thiophene rings is 1. The van der Waals surface area contributed by atoms with Crippen molar-refractivity contribution in [1.29, 1.82) is 0 Å². The number of hydrogen-bond donors (Lipinski definition) is 0. The lowest BCUT2D eigenvalue weighted by Gasteiger charge is -2.01. The molecule has 5 heteroatoms. The van der Waals surface area contributed by atoms with Gasteiger partial charge < -0.3 is 4.74 Å². The highest BCUT2D eigenvalue weighted by Gasteiger charge is 2.07. The minimum atomic E-state index is -0.427. The smallest absolute Gasteiger partial charge is 0.357 e. The number of hydrogen-bond acceptors (Lipinski definition) is 5. The van der Waals surface area contributed by atoms with Crippen molar-refractivity contribution in [3.8, 4) is 0 Å². The fourth-order valence-corrected chi connectivity index (χ4v) is 1.66. The molecule has 0 unspecified atom stereocenters. The standard InChI is InChI=1S/C10H8N2O2S/c13-10(9-1-3-11-7-12-9)14-5-8-2-4-15-6-8/h1-4,6-7H,5H2. The van der Waals surface area contributed by atoms with Crippen molar-refractivity contribution in [2.75, 3.05) is 0 Å². The van der Waals surface area contributed by atoms with Gasteiger partial charge in [-0.1, -0.05) is 0 Å². The minimum absolute atomic E-state index is 0.278. The average Bonchev–Trinajstić information content (AvgIpc) is 2.80. The molecular weight excluding hydrogens is 212 g/mol. The van der Waals surface area contributed by atoms with Crippen LogP contribution in [0.1, 0.15) is 16.1 Å². The summed E-state index contributed by atoms with van der Waals surface area (Å²) in [6.07, 6.45) is 2.83. The summed E-state index contributed by atoms with van der Waals surface area (Å²) in [5.74, 6) is -0.427. The summed E-state index contributed by atoms with van der Waals surface area (Å²) in [6.45, 7) is 0.284. The Bertz CT molecular complexity index is 428. The average molecular weight is 220 g/mol. The predicted molar refractivity (Wildman–Crippen MR) is 55.5 cm³/mol. The van der Waals surface area contributed by atoms with E-state index in [-0.39, 0.29) is 12.3 Å². The summed E-state index contributed by atoms with van der Waals surface area (Å²) in [5, 5.41) is 3.88. The molecule has 0 aromatic carbocycles. The minimum Gasteiger partial charge on any atom is -0.456 e. The number of carbonyl (C=O) groups is 1. The molecule has 0 radical (unpaired) electrons. The summed E-state index contributed by atoms with van der Waals surface area (Å²) in [4.78, 5) is 18.9. The maximum atomic E-state index is 11.4. The molecule has 0 aliphatic heterocycles. The highest BCUT2D eigenvalue weighted by atomic mass is 32.1. The second-order valence-corrected chi connectivity index (χ2v) is 3.58. The van der Waals surface area contributed by atoms with Crippen molar-refractivity contribution in [3.05, 3.63) is 46.7 Å². The molecule has 0 spiro atoms. The van der Waals surface area contributed by atoms with E-state index in [1.165, 1.54) is 18.6 Å². The van der Waals surface area contributed by atoms with E-state index in [0.717, 1.165) is 5.56 Å². The molecule has 0 bridgehead atoms. The third-order valence-corrected chi connectivity index (χ3v) is 2.47. The number of carbonyl (C=O) groups excluding carboxylic acids is 1. The van der Waals surface area contributed by atoms with Crippen LogP contribution in [0, 0.1) is 0 Å². The van der Waals surface area contributed by atoms with E-state index in [4.69, 9.17) is 4.74 Å². The number of esters is 1. The molecule has 0 fully saturated rings. The molecule has 76 valence electrons. The normalized spacial score (nSPS) is 9.87. The Morgan fingerprint density at radius 1 is 1.47 bits per heavy atom. The Kier molecular flexibility index (Phi) is 3.04. The van der Waals surface area contributed by atoms with E-state index in [2.05, 4.69) is 9.97 Å². The molecule has 2 rings (SSSR count). The van der Waals surface area contributed by atoms with Crippen molar-refractivity contribution >= 4 is 17.3 Å². The van der Waals surface area contributed by atoms with Crippen LogP contribution in [0.4, 0.5) is 0 Å². The largest absolute Gasteiger partial charge is 0.456 e. The molecule has 0 saturated carbocycles. The van der Waals surface area contributed by atoms with Crippen LogP contribution in [0.25, 0.3) is 0 Å². The van der Waals surface area contributed by atoms with Crippen molar-refractivity contribution in [2.24, 2.45) is 0 Å². The van der Waals surface area contributed by atoms with Crippen LogP contribution in [0.15, 0.2) is 35.4 Å². The quantitative estimate of drug-likeness (QED) is 0.741. The predicted octanol–water partition coefficient (Wildman–Crippen LogP) is 1.90. The molecule has 2 aromatic heterocycles. The van der Waals surface area contributed by atoms with Crippen LogP contribution in [0.5, 0.6) is 0 Å². The maximum Gasteiger partial charge on any atom is 0.357 e. The van der Waals surface area contributed by atoms with E-state index in [1.54, 1.807) is 11.3 Å². The Balaban J connectivity index is 1.94. The van der Waals surface area contributed by atoms with Crippen molar-refractivity contribution in [2.45, 2.75) is 6.61 Å². The van der Waals surface area contributed by atoms with Crippen LogP contribution in [0.3, 0.4) is 0 Å². The molecule has 4 nitrogen and oxygen atoms in total. The lowest BCUT2D eigenvalue weighted by molar-refractivity contribution is 0.0466. The first-order valence-electron chi connectivity index (χ1n) is 4.30. The Morgan fingerprint density at radius 3 is 3.07 bits per heavy atom. The number of rotatable bonds is 3. The zero-order valence-electron chi connectivity index (χ0n) is 7.79. The third kappa shape index (κ3) is 2.60. The first-order valence-corrected chi connectivity index (χ1v) is 5.25. The monoisotopic (exact) mass is 220 g/mol. The van der Waals surface area contributed by atoms with Crippen molar-refractivity contribution < 1.29 is 9.53 Å². The Labute approximate surface area is 90.6 Å². The summed E-state index contributed by atoms with van der Waals surface area (Å²) < 4.78 is 5.05.